The van der Waals surface area contributed by atoms with Crippen LogP contribution in [0.25, 0.3) is 0 Å². The van der Waals surface area contributed by atoms with Gasteiger partial charge >= 0.3 is 0 Å². The summed E-state index contributed by atoms with van der Waals surface area (Å²) in [5, 5.41) is 0. The third-order valence-electron chi connectivity index (χ3n) is 3.45. The van der Waals surface area contributed by atoms with Gasteiger partial charge in [0, 0.05) is 18.2 Å². The molecule has 0 heterocycles. The van der Waals surface area contributed by atoms with E-state index < -0.39 is 32.1 Å². The zero-order valence-corrected chi connectivity index (χ0v) is 12.5. The van der Waals surface area contributed by atoms with Crippen LogP contribution in [0.5, 0.6) is 0 Å². The average molecular weight is 327 g/mol. The lowest BCUT2D eigenvalue weighted by Crippen LogP contribution is -2.53. The van der Waals surface area contributed by atoms with E-state index in [4.69, 9.17) is 5.73 Å². The number of halogens is 3. The first-order valence-corrected chi connectivity index (χ1v) is 7.46. The van der Waals surface area contributed by atoms with Crippen molar-refractivity contribution in [2.24, 2.45) is 11.7 Å². The fourth-order valence-corrected chi connectivity index (χ4v) is 3.60. The van der Waals surface area contributed by atoms with E-state index in [1.54, 1.807) is 6.92 Å². The Morgan fingerprint density at radius 3 is 2.45 bits per heavy atom. The van der Waals surface area contributed by atoms with Crippen LogP contribution in [0.4, 0.5) is 8.78 Å². The van der Waals surface area contributed by atoms with Crippen molar-refractivity contribution in [2.45, 2.75) is 30.2 Å². The lowest BCUT2D eigenvalue weighted by atomic mass is 9.98. The van der Waals surface area contributed by atoms with Gasteiger partial charge in [0.1, 0.15) is 16.5 Å². The normalized spacial score (nSPS) is 18.2. The van der Waals surface area contributed by atoms with Crippen LogP contribution >= 0.6 is 12.4 Å². The minimum atomic E-state index is -4.05. The third kappa shape index (κ3) is 3.46. The molecular weight excluding hydrogens is 310 g/mol. The molecule has 1 unspecified atom stereocenters. The first-order chi connectivity index (χ1) is 8.78. The van der Waals surface area contributed by atoms with Crippen molar-refractivity contribution in [1.29, 1.82) is 0 Å². The minimum Gasteiger partial charge on any atom is -0.329 e. The molecule has 0 aliphatic heterocycles. The van der Waals surface area contributed by atoms with E-state index in [0.717, 1.165) is 25.0 Å². The molecule has 8 heteroatoms. The molecule has 20 heavy (non-hydrogen) atoms. The van der Waals surface area contributed by atoms with Crippen LogP contribution in [0.1, 0.15) is 19.8 Å². The molecule has 0 radical (unpaired) electrons. The molecule has 1 atom stereocenters. The van der Waals surface area contributed by atoms with Gasteiger partial charge in [-0.05, 0) is 37.8 Å². The van der Waals surface area contributed by atoms with Gasteiger partial charge < -0.3 is 5.73 Å². The second-order valence-corrected chi connectivity index (χ2v) is 6.73. The maximum atomic E-state index is 13.6. The predicted octanol–water partition coefficient (Wildman–Crippen LogP) is 1.79. The lowest BCUT2D eigenvalue weighted by molar-refractivity contribution is 0.373. The molecule has 114 valence electrons. The van der Waals surface area contributed by atoms with Gasteiger partial charge in [0.05, 0.1) is 0 Å². The van der Waals surface area contributed by atoms with E-state index in [1.165, 1.54) is 0 Å². The molecule has 4 nitrogen and oxygen atoms in total. The van der Waals surface area contributed by atoms with E-state index in [-0.39, 0.29) is 24.9 Å². The van der Waals surface area contributed by atoms with Crippen LogP contribution < -0.4 is 10.5 Å². The predicted molar refractivity (Wildman–Crippen MR) is 74.1 cm³/mol. The molecule has 1 aliphatic carbocycles. The highest BCUT2D eigenvalue weighted by Gasteiger charge is 2.43. The van der Waals surface area contributed by atoms with Crippen LogP contribution in [0, 0.1) is 17.6 Å². The monoisotopic (exact) mass is 326 g/mol. The van der Waals surface area contributed by atoms with Crippen molar-refractivity contribution < 1.29 is 17.2 Å². The molecule has 1 fully saturated rings. The van der Waals surface area contributed by atoms with Gasteiger partial charge in [-0.2, -0.15) is 0 Å². The van der Waals surface area contributed by atoms with Crippen molar-refractivity contribution in [3.8, 4) is 0 Å². The molecule has 0 spiro atoms. The maximum Gasteiger partial charge on any atom is 0.244 e. The third-order valence-corrected chi connectivity index (χ3v) is 5.10. The second kappa shape index (κ2) is 5.93. The molecule has 3 N–H and O–H groups in total. The van der Waals surface area contributed by atoms with Gasteiger partial charge in [-0.15, -0.1) is 12.4 Å². The first-order valence-electron chi connectivity index (χ1n) is 5.97. The van der Waals surface area contributed by atoms with Crippen molar-refractivity contribution in [1.82, 2.24) is 4.72 Å². The summed E-state index contributed by atoms with van der Waals surface area (Å²) in [5.74, 6) is -1.77. The fraction of sp³-hybridized carbons (Fsp3) is 0.500. The van der Waals surface area contributed by atoms with Crippen LogP contribution in [0.15, 0.2) is 23.1 Å². The topological polar surface area (TPSA) is 72.2 Å². The van der Waals surface area contributed by atoms with Crippen LogP contribution in [0.2, 0.25) is 0 Å². The number of sulfonamides is 1. The molecular formula is C12H17ClF2N2O2S. The standard InChI is InChI=1S/C12H16F2N2O2S.ClH/c1-12(7-15,8-2-3-8)16-19(17,18)11-5-4-9(13)6-10(11)14;/h4-6,8,16H,2-3,7,15H2,1H3;1H. The molecule has 1 aromatic rings. The number of benzene rings is 1. The van der Waals surface area contributed by atoms with E-state index in [9.17, 15) is 17.2 Å². The van der Waals surface area contributed by atoms with E-state index in [2.05, 4.69) is 4.72 Å². The molecule has 0 bridgehead atoms. The Balaban J connectivity index is 0.00000200. The average Bonchev–Trinajstić information content (AvgIpc) is 3.11. The lowest BCUT2D eigenvalue weighted by Gasteiger charge is -2.29. The molecule has 0 amide bonds. The number of hydrogen-bond acceptors (Lipinski definition) is 3. The number of rotatable bonds is 5. The summed E-state index contributed by atoms with van der Waals surface area (Å²) < 4.78 is 53.1. The van der Waals surface area contributed by atoms with Crippen molar-refractivity contribution in [3.63, 3.8) is 0 Å². The second-order valence-electron chi connectivity index (χ2n) is 5.08. The zero-order chi connectivity index (χ0) is 14.3. The zero-order valence-electron chi connectivity index (χ0n) is 10.9. The smallest absolute Gasteiger partial charge is 0.244 e. The van der Waals surface area contributed by atoms with Crippen LogP contribution in [-0.4, -0.2) is 20.5 Å². The minimum absolute atomic E-state index is 0. The van der Waals surface area contributed by atoms with Crippen LogP contribution in [0.3, 0.4) is 0 Å². The van der Waals surface area contributed by atoms with E-state index in [1.807, 2.05) is 0 Å². The first kappa shape index (κ1) is 17.3. The molecule has 1 aliphatic rings. The summed E-state index contributed by atoms with van der Waals surface area (Å²) in [4.78, 5) is -0.561. The maximum absolute atomic E-state index is 13.6. The Kier molecular flexibility index (Phi) is 5.13. The SMILES string of the molecule is CC(CN)(NS(=O)(=O)c1ccc(F)cc1F)C1CC1.Cl. The van der Waals surface area contributed by atoms with Gasteiger partial charge in [0.15, 0.2) is 0 Å². The number of nitrogens with one attached hydrogen (secondary N) is 1. The molecule has 0 saturated heterocycles. The Bertz CT molecular complexity index is 593. The largest absolute Gasteiger partial charge is 0.329 e. The van der Waals surface area contributed by atoms with Gasteiger partial charge in [-0.25, -0.2) is 21.9 Å². The highest BCUT2D eigenvalue weighted by Crippen LogP contribution is 2.39. The summed E-state index contributed by atoms with van der Waals surface area (Å²) in [6.45, 7) is 1.82. The van der Waals surface area contributed by atoms with Gasteiger partial charge in [-0.1, -0.05) is 0 Å². The Morgan fingerprint density at radius 1 is 1.40 bits per heavy atom. The highest BCUT2D eigenvalue weighted by molar-refractivity contribution is 7.89. The highest BCUT2D eigenvalue weighted by atomic mass is 35.5. The van der Waals surface area contributed by atoms with Gasteiger partial charge in [0.25, 0.3) is 0 Å². The quantitative estimate of drug-likeness (QED) is 0.866. The molecule has 0 aromatic heterocycles. The molecule has 1 saturated carbocycles. The fourth-order valence-electron chi connectivity index (χ4n) is 2.07. The Hall–Kier alpha value is -0.760. The van der Waals surface area contributed by atoms with Crippen molar-refractivity contribution in [2.75, 3.05) is 6.54 Å². The van der Waals surface area contributed by atoms with Crippen molar-refractivity contribution >= 4 is 22.4 Å². The van der Waals surface area contributed by atoms with Crippen molar-refractivity contribution in [3.05, 3.63) is 29.8 Å². The van der Waals surface area contributed by atoms with E-state index >= 15 is 0 Å². The summed E-state index contributed by atoms with van der Waals surface area (Å²) in [6, 6.07) is 2.37. The summed E-state index contributed by atoms with van der Waals surface area (Å²) in [5.41, 5.74) is 4.82. The Labute approximate surface area is 123 Å². The van der Waals surface area contributed by atoms with Gasteiger partial charge in [0.2, 0.25) is 10.0 Å². The summed E-state index contributed by atoms with van der Waals surface area (Å²) in [7, 11) is -4.05. The van der Waals surface area contributed by atoms with Crippen LogP contribution in [-0.2, 0) is 10.0 Å². The number of hydrogen-bond donors (Lipinski definition) is 2. The van der Waals surface area contributed by atoms with Gasteiger partial charge in [-0.3, -0.25) is 0 Å². The summed E-state index contributed by atoms with van der Waals surface area (Å²) in [6.07, 6.45) is 1.78. The Morgan fingerprint density at radius 2 is 2.00 bits per heavy atom. The molecule has 2 rings (SSSR count). The number of nitrogens with two attached hydrogens (primary N) is 1. The van der Waals surface area contributed by atoms with E-state index in [0.29, 0.717) is 6.07 Å². The summed E-state index contributed by atoms with van der Waals surface area (Å²) >= 11 is 0. The molecule has 1 aromatic carbocycles.